The van der Waals surface area contributed by atoms with Crippen LogP contribution in [0.2, 0.25) is 0 Å². The molecule has 1 amide bonds. The maximum absolute atomic E-state index is 12.2. The Hall–Kier alpha value is -1.59. The molecule has 1 fully saturated rings. The van der Waals surface area contributed by atoms with E-state index in [1.807, 2.05) is 19.9 Å². The molecular formula is C16H23ClN2O3. The molecule has 0 aliphatic carbocycles. The molecule has 5 nitrogen and oxygen atoms in total. The first kappa shape index (κ1) is 18.5. The van der Waals surface area contributed by atoms with Gasteiger partial charge in [-0.1, -0.05) is 18.2 Å². The molecule has 0 saturated carbocycles. The number of amides is 1. The lowest BCUT2D eigenvalue weighted by atomic mass is 10.1. The lowest BCUT2D eigenvalue weighted by Gasteiger charge is -2.26. The molecule has 1 N–H and O–H groups in total. The molecule has 0 spiro atoms. The van der Waals surface area contributed by atoms with Crippen molar-refractivity contribution < 1.29 is 14.3 Å². The smallest absolute Gasteiger partial charge is 0.410 e. The number of benzene rings is 1. The topological polar surface area (TPSA) is 58.6 Å². The number of hydrogen-bond donors (Lipinski definition) is 1. The Kier molecular flexibility index (Phi) is 7.35. The summed E-state index contributed by atoms with van der Waals surface area (Å²) in [5.41, 5.74) is 0. The molecule has 1 saturated heterocycles. The zero-order valence-electron chi connectivity index (χ0n) is 13.0. The predicted molar refractivity (Wildman–Crippen MR) is 87.6 cm³/mol. The minimum absolute atomic E-state index is 0. The van der Waals surface area contributed by atoms with Gasteiger partial charge in [0.15, 0.2) is 5.78 Å². The van der Waals surface area contributed by atoms with Gasteiger partial charge in [-0.05, 0) is 45.4 Å². The molecule has 1 heterocycles. The molecule has 0 bridgehead atoms. The van der Waals surface area contributed by atoms with E-state index in [2.05, 4.69) is 5.32 Å². The summed E-state index contributed by atoms with van der Waals surface area (Å²) in [6.45, 7) is 4.71. The van der Waals surface area contributed by atoms with Crippen LogP contribution in [0.1, 0.15) is 26.7 Å². The third kappa shape index (κ3) is 5.00. The zero-order chi connectivity index (χ0) is 15.2. The fourth-order valence-corrected chi connectivity index (χ4v) is 2.34. The molecule has 1 aliphatic heterocycles. The van der Waals surface area contributed by atoms with Crippen LogP contribution in [0.4, 0.5) is 4.79 Å². The standard InChI is InChI=1S/C16H22N2O3.ClH/c1-12(2)18(11-15(19)14-9-6-10-17-14)16(20)21-13-7-4-3-5-8-13;/h3-5,7-8,12,14,17H,6,9-11H2,1-2H3;1H/t14-;/m0./s1. The third-order valence-corrected chi connectivity index (χ3v) is 3.58. The number of ether oxygens (including phenoxy) is 1. The lowest BCUT2D eigenvalue weighted by Crippen LogP contribution is -2.46. The summed E-state index contributed by atoms with van der Waals surface area (Å²) in [4.78, 5) is 25.9. The highest BCUT2D eigenvalue weighted by Gasteiger charge is 2.28. The average Bonchev–Trinajstić information content (AvgIpc) is 2.99. The van der Waals surface area contributed by atoms with E-state index >= 15 is 0 Å². The monoisotopic (exact) mass is 326 g/mol. The summed E-state index contributed by atoms with van der Waals surface area (Å²) in [6.07, 6.45) is 1.37. The van der Waals surface area contributed by atoms with Crippen molar-refractivity contribution in [3.8, 4) is 5.75 Å². The Morgan fingerprint density at radius 1 is 1.32 bits per heavy atom. The van der Waals surface area contributed by atoms with Crippen LogP contribution in [0.15, 0.2) is 30.3 Å². The number of carbonyl (C=O) groups is 2. The van der Waals surface area contributed by atoms with Crippen molar-refractivity contribution in [1.29, 1.82) is 0 Å². The Bertz CT molecular complexity index is 487. The quantitative estimate of drug-likeness (QED) is 0.903. The van der Waals surface area contributed by atoms with Crippen molar-refractivity contribution in [3.63, 3.8) is 0 Å². The summed E-state index contributed by atoms with van der Waals surface area (Å²) in [5.74, 6) is 0.533. The van der Waals surface area contributed by atoms with Gasteiger partial charge in [-0.15, -0.1) is 12.4 Å². The van der Waals surface area contributed by atoms with E-state index in [0.717, 1.165) is 19.4 Å². The van der Waals surface area contributed by atoms with Crippen molar-refractivity contribution >= 4 is 24.3 Å². The molecule has 1 atom stereocenters. The SMILES string of the molecule is CC(C)N(CC(=O)[C@@H]1CCCN1)C(=O)Oc1ccccc1.Cl. The molecule has 22 heavy (non-hydrogen) atoms. The minimum atomic E-state index is -0.484. The highest BCUT2D eigenvalue weighted by Crippen LogP contribution is 2.13. The first-order valence-electron chi connectivity index (χ1n) is 7.37. The molecule has 1 aromatic carbocycles. The van der Waals surface area contributed by atoms with Gasteiger partial charge in [0, 0.05) is 6.04 Å². The van der Waals surface area contributed by atoms with Crippen molar-refractivity contribution in [2.45, 2.75) is 38.8 Å². The molecule has 0 unspecified atom stereocenters. The van der Waals surface area contributed by atoms with Crippen LogP contribution in [0.25, 0.3) is 0 Å². The van der Waals surface area contributed by atoms with Crippen LogP contribution in [0.3, 0.4) is 0 Å². The summed E-state index contributed by atoms with van der Waals surface area (Å²) in [5, 5.41) is 3.16. The van der Waals surface area contributed by atoms with Gasteiger partial charge in [-0.25, -0.2) is 4.79 Å². The van der Waals surface area contributed by atoms with Crippen molar-refractivity contribution in [2.75, 3.05) is 13.1 Å². The van der Waals surface area contributed by atoms with Crippen molar-refractivity contribution in [2.24, 2.45) is 0 Å². The molecule has 0 aromatic heterocycles. The summed E-state index contributed by atoms with van der Waals surface area (Å²) in [7, 11) is 0. The predicted octanol–water partition coefficient (Wildman–Crippen LogP) is 2.64. The van der Waals surface area contributed by atoms with Gasteiger partial charge in [0.2, 0.25) is 0 Å². The van der Waals surface area contributed by atoms with E-state index in [9.17, 15) is 9.59 Å². The van der Waals surface area contributed by atoms with E-state index in [1.54, 1.807) is 24.3 Å². The van der Waals surface area contributed by atoms with E-state index in [-0.39, 0.29) is 36.8 Å². The van der Waals surface area contributed by atoms with Crippen LogP contribution < -0.4 is 10.1 Å². The Labute approximate surface area is 137 Å². The molecule has 1 aromatic rings. The number of Topliss-reactive ketones (excluding diaryl/α,β-unsaturated/α-hetero) is 1. The van der Waals surface area contributed by atoms with E-state index in [0.29, 0.717) is 5.75 Å². The van der Waals surface area contributed by atoms with Crippen molar-refractivity contribution in [3.05, 3.63) is 30.3 Å². The number of para-hydroxylation sites is 1. The maximum Gasteiger partial charge on any atom is 0.415 e. The summed E-state index contributed by atoms with van der Waals surface area (Å²) >= 11 is 0. The largest absolute Gasteiger partial charge is 0.415 e. The van der Waals surface area contributed by atoms with Crippen LogP contribution in [-0.2, 0) is 4.79 Å². The molecule has 2 rings (SSSR count). The van der Waals surface area contributed by atoms with Gasteiger partial charge in [0.1, 0.15) is 5.75 Å². The number of nitrogens with one attached hydrogen (secondary N) is 1. The molecule has 1 aliphatic rings. The number of rotatable bonds is 5. The maximum atomic E-state index is 12.2. The third-order valence-electron chi connectivity index (χ3n) is 3.58. The fourth-order valence-electron chi connectivity index (χ4n) is 2.34. The highest BCUT2D eigenvalue weighted by molar-refractivity contribution is 5.89. The highest BCUT2D eigenvalue weighted by atomic mass is 35.5. The number of nitrogens with zero attached hydrogens (tertiary/aromatic N) is 1. The van der Waals surface area contributed by atoms with Gasteiger partial charge in [-0.2, -0.15) is 0 Å². The second kappa shape index (κ2) is 8.76. The lowest BCUT2D eigenvalue weighted by molar-refractivity contribution is -0.121. The molecular weight excluding hydrogens is 304 g/mol. The molecule has 6 heteroatoms. The number of halogens is 1. The number of ketones is 1. The van der Waals surface area contributed by atoms with Gasteiger partial charge in [0.05, 0.1) is 12.6 Å². The summed E-state index contributed by atoms with van der Waals surface area (Å²) < 4.78 is 5.32. The van der Waals surface area contributed by atoms with E-state index in [4.69, 9.17) is 4.74 Å². The number of carbonyl (C=O) groups excluding carboxylic acids is 2. The van der Waals surface area contributed by atoms with E-state index < -0.39 is 6.09 Å². The van der Waals surface area contributed by atoms with Gasteiger partial charge in [-0.3, -0.25) is 9.69 Å². The summed E-state index contributed by atoms with van der Waals surface area (Å²) in [6, 6.07) is 8.67. The van der Waals surface area contributed by atoms with Gasteiger partial charge >= 0.3 is 6.09 Å². The van der Waals surface area contributed by atoms with E-state index in [1.165, 1.54) is 4.90 Å². The Morgan fingerprint density at radius 2 is 2.00 bits per heavy atom. The normalized spacial score (nSPS) is 17.0. The Morgan fingerprint density at radius 3 is 2.55 bits per heavy atom. The first-order chi connectivity index (χ1) is 10.1. The fraction of sp³-hybridized carbons (Fsp3) is 0.500. The second-order valence-electron chi connectivity index (χ2n) is 5.52. The van der Waals surface area contributed by atoms with Gasteiger partial charge in [0.25, 0.3) is 0 Å². The first-order valence-corrected chi connectivity index (χ1v) is 7.37. The van der Waals surface area contributed by atoms with Crippen LogP contribution >= 0.6 is 12.4 Å². The second-order valence-corrected chi connectivity index (χ2v) is 5.52. The van der Waals surface area contributed by atoms with Crippen LogP contribution in [0, 0.1) is 0 Å². The Balaban J connectivity index is 0.00000242. The minimum Gasteiger partial charge on any atom is -0.410 e. The zero-order valence-corrected chi connectivity index (χ0v) is 13.8. The molecule has 122 valence electrons. The van der Waals surface area contributed by atoms with Crippen molar-refractivity contribution in [1.82, 2.24) is 10.2 Å². The van der Waals surface area contributed by atoms with Crippen LogP contribution in [-0.4, -0.2) is 41.9 Å². The molecule has 0 radical (unpaired) electrons. The average molecular weight is 327 g/mol. The number of hydrogen-bond acceptors (Lipinski definition) is 4. The van der Waals surface area contributed by atoms with Crippen LogP contribution in [0.5, 0.6) is 5.75 Å². The van der Waals surface area contributed by atoms with Gasteiger partial charge < -0.3 is 10.1 Å².